The summed E-state index contributed by atoms with van der Waals surface area (Å²) in [5.41, 5.74) is 5.61. The molecule has 0 atom stereocenters. The second-order valence-electron chi connectivity index (χ2n) is 7.21. The highest BCUT2D eigenvalue weighted by Gasteiger charge is 2.26. The van der Waals surface area contributed by atoms with E-state index in [9.17, 15) is 4.79 Å². The van der Waals surface area contributed by atoms with Crippen LogP contribution in [0.2, 0.25) is 0 Å². The third-order valence-corrected chi connectivity index (χ3v) is 4.11. The minimum absolute atomic E-state index is 0. The van der Waals surface area contributed by atoms with Gasteiger partial charge >= 0.3 is 6.09 Å². The molecule has 140 valence electrons. The molecule has 24 heavy (non-hydrogen) atoms. The van der Waals surface area contributed by atoms with Crippen LogP contribution in [0.5, 0.6) is 0 Å². The van der Waals surface area contributed by atoms with E-state index >= 15 is 0 Å². The minimum Gasteiger partial charge on any atom is -0.444 e. The van der Waals surface area contributed by atoms with Crippen molar-refractivity contribution in [3.63, 3.8) is 0 Å². The van der Waals surface area contributed by atoms with E-state index in [1.165, 1.54) is 0 Å². The highest BCUT2D eigenvalue weighted by atomic mass is 127. The summed E-state index contributed by atoms with van der Waals surface area (Å²) in [5, 5.41) is 0. The third kappa shape index (κ3) is 7.00. The Labute approximate surface area is 161 Å². The average molecular weight is 454 g/mol. The van der Waals surface area contributed by atoms with Crippen LogP contribution in [0.15, 0.2) is 4.99 Å². The van der Waals surface area contributed by atoms with E-state index in [1.54, 1.807) is 4.90 Å². The molecule has 0 radical (unpaired) electrons. The first-order valence-corrected chi connectivity index (χ1v) is 8.46. The SMILES string of the molecule is CC(C)(C)OC(=O)N1CCC(CN=C(N)N2CCOCC2)CC1.I. The highest BCUT2D eigenvalue weighted by Crippen LogP contribution is 2.20. The van der Waals surface area contributed by atoms with E-state index in [0.29, 0.717) is 25.1 Å². The summed E-state index contributed by atoms with van der Waals surface area (Å²) >= 11 is 0. The molecule has 0 aromatic carbocycles. The van der Waals surface area contributed by atoms with Crippen molar-refractivity contribution < 1.29 is 14.3 Å². The number of piperidine rings is 1. The van der Waals surface area contributed by atoms with Crippen molar-refractivity contribution in [2.45, 2.75) is 39.2 Å². The van der Waals surface area contributed by atoms with Crippen LogP contribution in [0.1, 0.15) is 33.6 Å². The van der Waals surface area contributed by atoms with Gasteiger partial charge in [0.1, 0.15) is 5.60 Å². The smallest absolute Gasteiger partial charge is 0.410 e. The summed E-state index contributed by atoms with van der Waals surface area (Å²) in [6.07, 6.45) is 1.67. The van der Waals surface area contributed by atoms with Crippen molar-refractivity contribution in [3.05, 3.63) is 0 Å². The lowest BCUT2D eigenvalue weighted by atomic mass is 9.97. The van der Waals surface area contributed by atoms with Gasteiger partial charge in [-0.15, -0.1) is 24.0 Å². The number of nitrogens with zero attached hydrogens (tertiary/aromatic N) is 3. The fraction of sp³-hybridized carbons (Fsp3) is 0.875. The number of likely N-dealkylation sites (tertiary alicyclic amines) is 1. The first-order chi connectivity index (χ1) is 10.8. The second-order valence-corrected chi connectivity index (χ2v) is 7.21. The Balaban J connectivity index is 0.00000288. The van der Waals surface area contributed by atoms with Gasteiger partial charge in [-0.3, -0.25) is 4.99 Å². The first-order valence-electron chi connectivity index (χ1n) is 8.46. The maximum absolute atomic E-state index is 12.0. The van der Waals surface area contributed by atoms with Gasteiger partial charge in [-0.05, 0) is 39.5 Å². The molecule has 2 fully saturated rings. The molecule has 0 aromatic heterocycles. The molecule has 0 unspecified atom stereocenters. The molecule has 0 saturated carbocycles. The Morgan fingerprint density at radius 3 is 2.29 bits per heavy atom. The van der Waals surface area contributed by atoms with Crippen molar-refractivity contribution in [1.82, 2.24) is 9.80 Å². The zero-order valence-corrected chi connectivity index (χ0v) is 17.3. The van der Waals surface area contributed by atoms with Gasteiger partial charge < -0.3 is 25.0 Å². The lowest BCUT2D eigenvalue weighted by molar-refractivity contribution is 0.0187. The number of hydrogen-bond donors (Lipinski definition) is 1. The molecule has 7 nitrogen and oxygen atoms in total. The number of nitrogens with two attached hydrogens (primary N) is 1. The maximum Gasteiger partial charge on any atom is 0.410 e. The topological polar surface area (TPSA) is 80.4 Å². The predicted octanol–water partition coefficient (Wildman–Crippen LogP) is 1.90. The van der Waals surface area contributed by atoms with Gasteiger partial charge in [0.15, 0.2) is 5.96 Å². The number of amides is 1. The van der Waals surface area contributed by atoms with Crippen LogP contribution in [0.3, 0.4) is 0 Å². The zero-order valence-electron chi connectivity index (χ0n) is 15.0. The number of aliphatic imine (C=N–C) groups is 1. The van der Waals surface area contributed by atoms with Crippen molar-refractivity contribution >= 4 is 36.0 Å². The summed E-state index contributed by atoms with van der Waals surface area (Å²) in [5.74, 6) is 1.09. The minimum atomic E-state index is -0.440. The second kappa shape index (κ2) is 9.65. The number of ether oxygens (including phenoxy) is 2. The summed E-state index contributed by atoms with van der Waals surface area (Å²) in [6, 6.07) is 0. The third-order valence-electron chi connectivity index (χ3n) is 4.11. The number of rotatable bonds is 2. The molecule has 2 saturated heterocycles. The molecular formula is C16H31IN4O3. The molecule has 0 aliphatic carbocycles. The molecule has 8 heteroatoms. The number of guanidine groups is 1. The number of halogens is 1. The van der Waals surface area contributed by atoms with E-state index < -0.39 is 5.60 Å². The van der Waals surface area contributed by atoms with Crippen LogP contribution in [0.25, 0.3) is 0 Å². The van der Waals surface area contributed by atoms with Gasteiger partial charge in [-0.1, -0.05) is 0 Å². The molecule has 2 aliphatic heterocycles. The van der Waals surface area contributed by atoms with Crippen molar-refractivity contribution in [2.24, 2.45) is 16.6 Å². The van der Waals surface area contributed by atoms with Crippen LogP contribution >= 0.6 is 24.0 Å². The van der Waals surface area contributed by atoms with E-state index in [4.69, 9.17) is 15.2 Å². The molecule has 2 rings (SSSR count). The quantitative estimate of drug-likeness (QED) is 0.392. The highest BCUT2D eigenvalue weighted by molar-refractivity contribution is 14.0. The number of hydrogen-bond acceptors (Lipinski definition) is 4. The molecule has 0 bridgehead atoms. The van der Waals surface area contributed by atoms with Gasteiger partial charge in [0.2, 0.25) is 0 Å². The Morgan fingerprint density at radius 2 is 1.75 bits per heavy atom. The van der Waals surface area contributed by atoms with E-state index in [1.807, 2.05) is 20.8 Å². The largest absolute Gasteiger partial charge is 0.444 e. The predicted molar refractivity (Wildman–Crippen MR) is 105 cm³/mol. The van der Waals surface area contributed by atoms with Gasteiger partial charge in [0.05, 0.1) is 13.2 Å². The van der Waals surface area contributed by atoms with Gasteiger partial charge in [-0.25, -0.2) is 4.79 Å². The van der Waals surface area contributed by atoms with Crippen molar-refractivity contribution in [3.8, 4) is 0 Å². The fourth-order valence-electron chi connectivity index (χ4n) is 2.74. The summed E-state index contributed by atoms with van der Waals surface area (Å²) < 4.78 is 10.7. The van der Waals surface area contributed by atoms with Crippen LogP contribution in [0.4, 0.5) is 4.79 Å². The van der Waals surface area contributed by atoms with Crippen LogP contribution < -0.4 is 5.73 Å². The van der Waals surface area contributed by atoms with Gasteiger partial charge in [-0.2, -0.15) is 0 Å². The molecule has 2 N–H and O–H groups in total. The lowest BCUT2D eigenvalue weighted by Crippen LogP contribution is -2.45. The maximum atomic E-state index is 12.0. The molecule has 0 spiro atoms. The van der Waals surface area contributed by atoms with Crippen LogP contribution in [-0.2, 0) is 9.47 Å². The summed E-state index contributed by atoms with van der Waals surface area (Å²) in [6.45, 7) is 10.9. The standard InChI is InChI=1S/C16H30N4O3.HI/c1-16(2,3)23-15(21)20-6-4-13(5-7-20)12-18-14(17)19-8-10-22-11-9-19;/h13H,4-12H2,1-3H3,(H2,17,18);1H. The van der Waals surface area contributed by atoms with Gasteiger partial charge in [0, 0.05) is 32.7 Å². The molecular weight excluding hydrogens is 423 g/mol. The number of morpholine rings is 1. The van der Waals surface area contributed by atoms with Crippen molar-refractivity contribution in [2.75, 3.05) is 45.9 Å². The Hall–Kier alpha value is -0.770. The molecule has 0 aromatic rings. The Bertz CT molecular complexity index is 426. The lowest BCUT2D eigenvalue weighted by Gasteiger charge is -2.33. The molecule has 1 amide bonds. The van der Waals surface area contributed by atoms with Crippen LogP contribution in [-0.4, -0.2) is 73.4 Å². The van der Waals surface area contributed by atoms with E-state index in [-0.39, 0.29) is 30.1 Å². The summed E-state index contributed by atoms with van der Waals surface area (Å²) in [4.78, 5) is 20.4. The van der Waals surface area contributed by atoms with Crippen LogP contribution in [0, 0.1) is 5.92 Å². The Kier molecular flexibility index (Phi) is 8.55. The van der Waals surface area contributed by atoms with E-state index in [2.05, 4.69) is 9.89 Å². The Morgan fingerprint density at radius 1 is 1.17 bits per heavy atom. The zero-order chi connectivity index (χ0) is 16.9. The van der Waals surface area contributed by atoms with E-state index in [0.717, 1.165) is 45.6 Å². The fourth-order valence-corrected chi connectivity index (χ4v) is 2.74. The molecule has 2 aliphatic rings. The van der Waals surface area contributed by atoms with Gasteiger partial charge in [0.25, 0.3) is 0 Å². The monoisotopic (exact) mass is 454 g/mol. The first kappa shape index (κ1) is 21.3. The average Bonchev–Trinajstić information content (AvgIpc) is 2.52. The number of carbonyl (C=O) groups excluding carboxylic acids is 1. The summed E-state index contributed by atoms with van der Waals surface area (Å²) in [7, 11) is 0. The normalized spacial score (nSPS) is 20.5. The number of carbonyl (C=O) groups is 1. The van der Waals surface area contributed by atoms with Crippen molar-refractivity contribution in [1.29, 1.82) is 0 Å². The molecule has 2 heterocycles.